The zero-order valence-corrected chi connectivity index (χ0v) is 19.9. The number of ether oxygens (including phenoxy) is 1. The summed E-state index contributed by atoms with van der Waals surface area (Å²) in [5.74, 6) is -3.23. The molecule has 1 N–H and O–H groups in total. The molecular formula is C24H20ClF5N4O3. The molecule has 1 heterocycles. The highest BCUT2D eigenvalue weighted by Crippen LogP contribution is 2.36. The van der Waals surface area contributed by atoms with E-state index >= 15 is 0 Å². The molecule has 2 atom stereocenters. The second-order valence-corrected chi connectivity index (χ2v) is 8.23. The second kappa shape index (κ2) is 11.5. The van der Waals surface area contributed by atoms with Gasteiger partial charge in [-0.15, -0.1) is 13.2 Å². The standard InChI is InChI=1S/C24H20ClF5N4O3/c1-23(16-12-31-14-32-13-16,22(36)33-10-9-15-3-2-4-17(26)11-15)34(21(35)20(25)27)18-5-7-19(8-6-18)37-24(28,29)30/h2-8,11-14,20H,9-10H2,1H3,(H,33,36)/t20-,23?/m0/s1. The fourth-order valence-corrected chi connectivity index (χ4v) is 3.70. The number of amides is 2. The lowest BCUT2D eigenvalue weighted by atomic mass is 9.89. The first-order valence-corrected chi connectivity index (χ1v) is 11.1. The van der Waals surface area contributed by atoms with Gasteiger partial charge in [0.25, 0.3) is 17.4 Å². The maximum Gasteiger partial charge on any atom is 0.573 e. The Hall–Kier alpha value is -3.80. The summed E-state index contributed by atoms with van der Waals surface area (Å²) in [5.41, 5.74) is -4.13. The Morgan fingerprint density at radius 1 is 1.11 bits per heavy atom. The predicted molar refractivity (Wildman–Crippen MR) is 124 cm³/mol. The number of carbonyl (C=O) groups excluding carboxylic acids is 2. The molecule has 0 aliphatic carbocycles. The maximum atomic E-state index is 14.2. The highest BCUT2D eigenvalue weighted by molar-refractivity contribution is 6.32. The lowest BCUT2D eigenvalue weighted by molar-refractivity contribution is -0.274. The summed E-state index contributed by atoms with van der Waals surface area (Å²) in [6.07, 6.45) is -1.12. The van der Waals surface area contributed by atoms with Crippen LogP contribution in [0.1, 0.15) is 18.1 Å². The van der Waals surface area contributed by atoms with Crippen molar-refractivity contribution in [3.63, 3.8) is 0 Å². The summed E-state index contributed by atoms with van der Waals surface area (Å²) in [7, 11) is 0. The molecule has 7 nitrogen and oxygen atoms in total. The zero-order valence-electron chi connectivity index (χ0n) is 19.2. The third kappa shape index (κ3) is 6.91. The topological polar surface area (TPSA) is 84.4 Å². The molecule has 2 aromatic carbocycles. The molecule has 3 aromatic rings. The van der Waals surface area contributed by atoms with E-state index in [2.05, 4.69) is 20.0 Å². The van der Waals surface area contributed by atoms with Crippen LogP contribution in [0.15, 0.2) is 67.3 Å². The van der Waals surface area contributed by atoms with Gasteiger partial charge in [0.1, 0.15) is 17.9 Å². The molecule has 1 unspecified atom stereocenters. The predicted octanol–water partition coefficient (Wildman–Crippen LogP) is 4.66. The van der Waals surface area contributed by atoms with Crippen molar-refractivity contribution in [1.29, 1.82) is 0 Å². The number of anilines is 1. The molecule has 0 fully saturated rings. The molecule has 0 aliphatic heterocycles. The average Bonchev–Trinajstić information content (AvgIpc) is 2.84. The van der Waals surface area contributed by atoms with Gasteiger partial charge in [-0.05, 0) is 55.3 Å². The number of rotatable bonds is 9. The highest BCUT2D eigenvalue weighted by Gasteiger charge is 2.47. The van der Waals surface area contributed by atoms with E-state index < -0.39 is 40.9 Å². The molecule has 3 rings (SSSR count). The van der Waals surface area contributed by atoms with E-state index in [1.54, 1.807) is 6.07 Å². The van der Waals surface area contributed by atoms with E-state index in [1.165, 1.54) is 43.8 Å². The van der Waals surface area contributed by atoms with Crippen molar-refractivity contribution in [3.05, 3.63) is 84.2 Å². The van der Waals surface area contributed by atoms with Gasteiger partial charge >= 0.3 is 6.36 Å². The fourth-order valence-electron chi connectivity index (χ4n) is 3.60. The number of hydrogen-bond donors (Lipinski definition) is 1. The van der Waals surface area contributed by atoms with Crippen LogP contribution in [-0.2, 0) is 21.5 Å². The van der Waals surface area contributed by atoms with Crippen molar-refractivity contribution in [2.45, 2.75) is 30.9 Å². The number of halogens is 6. The Bertz CT molecular complexity index is 1230. The lowest BCUT2D eigenvalue weighted by Gasteiger charge is -2.40. The van der Waals surface area contributed by atoms with Crippen LogP contribution in [0.3, 0.4) is 0 Å². The molecule has 0 bridgehead atoms. The molecule has 2 amide bonds. The van der Waals surface area contributed by atoms with Crippen LogP contribution in [0.5, 0.6) is 5.75 Å². The van der Waals surface area contributed by atoms with Gasteiger partial charge in [-0.3, -0.25) is 14.5 Å². The minimum Gasteiger partial charge on any atom is -0.406 e. The molecule has 0 saturated heterocycles. The quantitative estimate of drug-likeness (QED) is 0.314. The summed E-state index contributed by atoms with van der Waals surface area (Å²) >= 11 is 5.46. The van der Waals surface area contributed by atoms with Gasteiger partial charge in [0.05, 0.1) is 0 Å². The molecule has 0 radical (unpaired) electrons. The Labute approximate surface area is 213 Å². The average molecular weight is 543 g/mol. The highest BCUT2D eigenvalue weighted by atomic mass is 35.5. The summed E-state index contributed by atoms with van der Waals surface area (Å²) in [6.45, 7) is 1.28. The van der Waals surface area contributed by atoms with Gasteiger partial charge in [-0.2, -0.15) is 0 Å². The van der Waals surface area contributed by atoms with Crippen LogP contribution < -0.4 is 15.0 Å². The number of nitrogens with one attached hydrogen (secondary N) is 1. The van der Waals surface area contributed by atoms with E-state index in [0.29, 0.717) is 10.5 Å². The van der Waals surface area contributed by atoms with Crippen LogP contribution >= 0.6 is 11.6 Å². The van der Waals surface area contributed by atoms with Crippen molar-refractivity contribution >= 4 is 29.1 Å². The maximum absolute atomic E-state index is 14.2. The van der Waals surface area contributed by atoms with Gasteiger partial charge in [0.15, 0.2) is 5.54 Å². The van der Waals surface area contributed by atoms with E-state index in [1.807, 2.05) is 0 Å². The summed E-state index contributed by atoms with van der Waals surface area (Å²) < 4.78 is 69.2. The SMILES string of the molecule is CC(C(=O)NCCc1cccc(F)c1)(c1cncnc1)N(C(=O)[C@H](F)Cl)c1ccc(OC(F)(F)F)cc1. The second-order valence-electron chi connectivity index (χ2n) is 7.85. The van der Waals surface area contributed by atoms with Crippen LogP contribution in [-0.4, -0.2) is 40.3 Å². The number of benzene rings is 2. The first-order valence-electron chi connectivity index (χ1n) is 10.7. The van der Waals surface area contributed by atoms with Gasteiger partial charge in [-0.1, -0.05) is 23.7 Å². The minimum absolute atomic E-state index is 0.00584. The van der Waals surface area contributed by atoms with Crippen molar-refractivity contribution in [3.8, 4) is 5.75 Å². The van der Waals surface area contributed by atoms with Crippen molar-refractivity contribution in [2.24, 2.45) is 0 Å². The first kappa shape index (κ1) is 27.8. The Balaban J connectivity index is 2.00. The monoisotopic (exact) mass is 542 g/mol. The fraction of sp³-hybridized carbons (Fsp3) is 0.250. The van der Waals surface area contributed by atoms with Crippen LogP contribution in [0.4, 0.5) is 27.6 Å². The number of hydrogen-bond acceptors (Lipinski definition) is 5. The van der Waals surface area contributed by atoms with Gasteiger partial charge in [-0.25, -0.2) is 18.7 Å². The Morgan fingerprint density at radius 3 is 2.32 bits per heavy atom. The van der Waals surface area contributed by atoms with Gasteiger partial charge in [0, 0.05) is 30.2 Å². The molecule has 0 spiro atoms. The van der Waals surface area contributed by atoms with Crippen molar-refractivity contribution in [1.82, 2.24) is 15.3 Å². The minimum atomic E-state index is -4.96. The molecule has 196 valence electrons. The summed E-state index contributed by atoms with van der Waals surface area (Å²) in [6, 6.07) is 9.59. The van der Waals surface area contributed by atoms with Gasteiger partial charge < -0.3 is 10.1 Å². The number of alkyl halides is 5. The Kier molecular flexibility index (Phi) is 8.64. The van der Waals surface area contributed by atoms with E-state index in [9.17, 15) is 31.5 Å². The van der Waals surface area contributed by atoms with Crippen molar-refractivity contribution in [2.75, 3.05) is 11.4 Å². The smallest absolute Gasteiger partial charge is 0.406 e. The zero-order chi connectivity index (χ0) is 27.2. The number of nitrogens with zero attached hydrogens (tertiary/aromatic N) is 3. The third-order valence-electron chi connectivity index (χ3n) is 5.34. The largest absolute Gasteiger partial charge is 0.573 e. The molecule has 0 saturated carbocycles. The van der Waals surface area contributed by atoms with Crippen molar-refractivity contribution < 1.29 is 36.3 Å². The normalized spacial score (nSPS) is 13.8. The Morgan fingerprint density at radius 2 is 1.76 bits per heavy atom. The molecule has 13 heteroatoms. The molecular weight excluding hydrogens is 523 g/mol. The first-order chi connectivity index (χ1) is 17.4. The molecule has 37 heavy (non-hydrogen) atoms. The van der Waals surface area contributed by atoms with Crippen LogP contribution in [0, 0.1) is 5.82 Å². The number of aromatic nitrogens is 2. The van der Waals surface area contributed by atoms with Gasteiger partial charge in [0.2, 0.25) is 0 Å². The lowest BCUT2D eigenvalue weighted by Crippen LogP contribution is -2.58. The third-order valence-corrected chi connectivity index (χ3v) is 5.52. The van der Waals surface area contributed by atoms with Crippen LogP contribution in [0.2, 0.25) is 0 Å². The van der Waals surface area contributed by atoms with E-state index in [-0.39, 0.29) is 24.2 Å². The molecule has 1 aromatic heterocycles. The summed E-state index contributed by atoms with van der Waals surface area (Å²) in [5, 5.41) is 2.63. The number of carbonyl (C=O) groups is 2. The molecule has 0 aliphatic rings. The van der Waals surface area contributed by atoms with E-state index in [0.717, 1.165) is 24.3 Å². The van der Waals surface area contributed by atoms with E-state index in [4.69, 9.17) is 11.6 Å². The van der Waals surface area contributed by atoms with Crippen LogP contribution in [0.25, 0.3) is 0 Å². The summed E-state index contributed by atoms with van der Waals surface area (Å²) in [4.78, 5) is 34.9.